The highest BCUT2D eigenvalue weighted by molar-refractivity contribution is 5.99. The number of hydrogen-bond donors (Lipinski definition) is 1. The van der Waals surface area contributed by atoms with Gasteiger partial charge in [0, 0.05) is 12.5 Å². The lowest BCUT2D eigenvalue weighted by atomic mass is 10.2. The van der Waals surface area contributed by atoms with Crippen molar-refractivity contribution in [1.82, 2.24) is 0 Å². The summed E-state index contributed by atoms with van der Waals surface area (Å²) in [7, 11) is 1.58. The summed E-state index contributed by atoms with van der Waals surface area (Å²) in [5.74, 6) is 3.08. The lowest BCUT2D eigenvalue weighted by molar-refractivity contribution is 0.127. The van der Waals surface area contributed by atoms with E-state index in [1.54, 1.807) is 13.2 Å². The van der Waals surface area contributed by atoms with Gasteiger partial charge in [-0.15, -0.1) is 0 Å². The Morgan fingerprint density at radius 3 is 2.84 bits per heavy atom. The van der Waals surface area contributed by atoms with Crippen LogP contribution in [0.4, 0.5) is 0 Å². The average molecular weight is 344 g/mol. The summed E-state index contributed by atoms with van der Waals surface area (Å²) in [5.41, 5.74) is 6.61. The highest BCUT2D eigenvalue weighted by Gasteiger charge is 2.13. The molecular formula is C18H20N2O5. The molecule has 7 heteroatoms. The van der Waals surface area contributed by atoms with E-state index in [9.17, 15) is 0 Å². The fraction of sp³-hybridized carbons (Fsp3) is 0.278. The molecule has 0 aliphatic carbocycles. The van der Waals surface area contributed by atoms with Crippen molar-refractivity contribution >= 4 is 5.84 Å². The first-order valence-electron chi connectivity index (χ1n) is 7.89. The molecular weight excluding hydrogens is 324 g/mol. The predicted molar refractivity (Wildman–Crippen MR) is 92.3 cm³/mol. The standard InChI is InChI=1S/C18H20N2O5/c1-21-15-6-3-2-5-14(15)18(19)20-25-10-4-9-22-13-7-8-16-17(11-13)24-12-23-16/h2-3,5-8,11H,4,9-10,12H2,1H3,(H2,19,20). The second kappa shape index (κ2) is 8.14. The van der Waals surface area contributed by atoms with E-state index in [0.29, 0.717) is 36.7 Å². The van der Waals surface area contributed by atoms with Gasteiger partial charge in [-0.25, -0.2) is 0 Å². The molecule has 0 atom stereocenters. The molecule has 0 unspecified atom stereocenters. The third-order valence-electron chi connectivity index (χ3n) is 3.54. The van der Waals surface area contributed by atoms with E-state index in [1.165, 1.54) is 0 Å². The largest absolute Gasteiger partial charge is 0.496 e. The van der Waals surface area contributed by atoms with Crippen LogP contribution in [0.5, 0.6) is 23.0 Å². The third-order valence-corrected chi connectivity index (χ3v) is 3.54. The number of ether oxygens (including phenoxy) is 4. The number of oxime groups is 1. The van der Waals surface area contributed by atoms with Gasteiger partial charge in [0.05, 0.1) is 19.3 Å². The lowest BCUT2D eigenvalue weighted by Crippen LogP contribution is -2.15. The molecule has 0 saturated heterocycles. The van der Waals surface area contributed by atoms with Gasteiger partial charge in [0.1, 0.15) is 18.1 Å². The van der Waals surface area contributed by atoms with Gasteiger partial charge in [-0.05, 0) is 24.3 Å². The van der Waals surface area contributed by atoms with Gasteiger partial charge in [-0.3, -0.25) is 0 Å². The van der Waals surface area contributed by atoms with Gasteiger partial charge < -0.3 is 29.5 Å². The van der Waals surface area contributed by atoms with Crippen molar-refractivity contribution in [3.63, 3.8) is 0 Å². The van der Waals surface area contributed by atoms with Crippen LogP contribution in [0.3, 0.4) is 0 Å². The van der Waals surface area contributed by atoms with Gasteiger partial charge in [0.15, 0.2) is 17.3 Å². The highest BCUT2D eigenvalue weighted by Crippen LogP contribution is 2.35. The van der Waals surface area contributed by atoms with Crippen molar-refractivity contribution < 1.29 is 23.8 Å². The molecule has 2 N–H and O–H groups in total. The van der Waals surface area contributed by atoms with E-state index in [0.717, 1.165) is 11.5 Å². The summed E-state index contributed by atoms with van der Waals surface area (Å²) < 4.78 is 21.4. The molecule has 3 rings (SSSR count). The van der Waals surface area contributed by atoms with Crippen molar-refractivity contribution in [2.24, 2.45) is 10.9 Å². The van der Waals surface area contributed by atoms with Gasteiger partial charge >= 0.3 is 0 Å². The second-order valence-electron chi connectivity index (χ2n) is 5.23. The number of methoxy groups -OCH3 is 1. The summed E-state index contributed by atoms with van der Waals surface area (Å²) >= 11 is 0. The minimum Gasteiger partial charge on any atom is -0.496 e. The Morgan fingerprint density at radius 1 is 1.12 bits per heavy atom. The summed E-state index contributed by atoms with van der Waals surface area (Å²) in [6.45, 7) is 1.13. The topological polar surface area (TPSA) is 84.5 Å². The number of hydrogen-bond acceptors (Lipinski definition) is 6. The number of nitrogens with zero attached hydrogens (tertiary/aromatic N) is 1. The van der Waals surface area contributed by atoms with E-state index in [2.05, 4.69) is 5.16 Å². The van der Waals surface area contributed by atoms with Crippen LogP contribution in [-0.2, 0) is 4.84 Å². The van der Waals surface area contributed by atoms with Crippen molar-refractivity contribution in [2.75, 3.05) is 27.1 Å². The maximum Gasteiger partial charge on any atom is 0.231 e. The third kappa shape index (κ3) is 4.26. The van der Waals surface area contributed by atoms with Crippen LogP contribution in [0.1, 0.15) is 12.0 Å². The van der Waals surface area contributed by atoms with E-state index in [4.69, 9.17) is 29.5 Å². The van der Waals surface area contributed by atoms with Crippen LogP contribution in [0.15, 0.2) is 47.6 Å². The minimum absolute atomic E-state index is 0.248. The zero-order chi connectivity index (χ0) is 17.5. The van der Waals surface area contributed by atoms with Crippen LogP contribution >= 0.6 is 0 Å². The zero-order valence-electron chi connectivity index (χ0n) is 13.9. The lowest BCUT2D eigenvalue weighted by Gasteiger charge is -2.08. The number of amidine groups is 1. The molecule has 0 saturated carbocycles. The fourth-order valence-electron chi connectivity index (χ4n) is 2.30. The van der Waals surface area contributed by atoms with Crippen molar-refractivity contribution in [3.8, 4) is 23.0 Å². The Balaban J connectivity index is 1.41. The Hall–Kier alpha value is -3.09. The summed E-state index contributed by atoms with van der Waals surface area (Å²) in [4.78, 5) is 5.24. The Kier molecular flexibility index (Phi) is 5.46. The predicted octanol–water partition coefficient (Wildman–Crippen LogP) is 2.53. The minimum atomic E-state index is 0.248. The molecule has 0 amide bonds. The molecule has 1 heterocycles. The Morgan fingerprint density at radius 2 is 1.96 bits per heavy atom. The van der Waals surface area contributed by atoms with E-state index >= 15 is 0 Å². The van der Waals surface area contributed by atoms with Crippen LogP contribution in [0.25, 0.3) is 0 Å². The van der Waals surface area contributed by atoms with Crippen LogP contribution in [0, 0.1) is 0 Å². The second-order valence-corrected chi connectivity index (χ2v) is 5.23. The maximum absolute atomic E-state index is 5.92. The molecule has 2 aromatic carbocycles. The number of nitrogens with two attached hydrogens (primary N) is 1. The quantitative estimate of drug-likeness (QED) is 0.343. The molecule has 132 valence electrons. The Labute approximate surface area is 145 Å². The maximum atomic E-state index is 5.92. The molecule has 0 radical (unpaired) electrons. The van der Waals surface area contributed by atoms with Crippen LogP contribution < -0.4 is 24.7 Å². The molecule has 0 bridgehead atoms. The first-order chi connectivity index (χ1) is 12.3. The molecule has 1 aliphatic heterocycles. The van der Waals surface area contributed by atoms with Gasteiger partial charge in [-0.1, -0.05) is 17.3 Å². The molecule has 7 nitrogen and oxygen atoms in total. The first-order valence-corrected chi connectivity index (χ1v) is 7.89. The molecule has 1 aliphatic rings. The van der Waals surface area contributed by atoms with E-state index in [1.807, 2.05) is 36.4 Å². The number of rotatable bonds is 8. The van der Waals surface area contributed by atoms with Gasteiger partial charge in [-0.2, -0.15) is 0 Å². The van der Waals surface area contributed by atoms with E-state index < -0.39 is 0 Å². The summed E-state index contributed by atoms with van der Waals surface area (Å²) in [5, 5.41) is 3.92. The molecule has 0 aromatic heterocycles. The monoisotopic (exact) mass is 344 g/mol. The van der Waals surface area contributed by atoms with E-state index in [-0.39, 0.29) is 12.6 Å². The summed E-state index contributed by atoms with van der Waals surface area (Å²) in [6.07, 6.45) is 0.664. The molecule has 25 heavy (non-hydrogen) atoms. The van der Waals surface area contributed by atoms with Crippen LogP contribution in [0.2, 0.25) is 0 Å². The highest BCUT2D eigenvalue weighted by atomic mass is 16.7. The first kappa shape index (κ1) is 16.8. The van der Waals surface area contributed by atoms with Crippen molar-refractivity contribution in [2.45, 2.75) is 6.42 Å². The number of para-hydroxylation sites is 1. The Bertz CT molecular complexity index is 748. The number of fused-ring (bicyclic) bond motifs is 1. The zero-order valence-corrected chi connectivity index (χ0v) is 13.9. The van der Waals surface area contributed by atoms with Crippen molar-refractivity contribution in [3.05, 3.63) is 48.0 Å². The average Bonchev–Trinajstić information content (AvgIpc) is 3.12. The fourth-order valence-corrected chi connectivity index (χ4v) is 2.30. The molecule has 0 fully saturated rings. The van der Waals surface area contributed by atoms with Gasteiger partial charge in [0.2, 0.25) is 6.79 Å². The smallest absolute Gasteiger partial charge is 0.231 e. The normalized spacial score (nSPS) is 12.8. The SMILES string of the molecule is COc1ccccc1/C(N)=N/OCCCOc1ccc2c(c1)OCO2. The van der Waals surface area contributed by atoms with Gasteiger partial charge in [0.25, 0.3) is 0 Å². The molecule has 0 spiro atoms. The number of benzene rings is 2. The van der Waals surface area contributed by atoms with Crippen molar-refractivity contribution in [1.29, 1.82) is 0 Å². The molecule has 2 aromatic rings. The van der Waals surface area contributed by atoms with Crippen LogP contribution in [-0.4, -0.2) is 33.0 Å². The summed E-state index contributed by atoms with van der Waals surface area (Å²) in [6, 6.07) is 12.8.